The van der Waals surface area contributed by atoms with Crippen molar-refractivity contribution in [1.29, 1.82) is 0 Å². The van der Waals surface area contributed by atoms with Gasteiger partial charge in [-0.1, -0.05) is 23.7 Å². The smallest absolute Gasteiger partial charge is 0.321 e. The van der Waals surface area contributed by atoms with E-state index in [9.17, 15) is 14.0 Å². The van der Waals surface area contributed by atoms with E-state index in [2.05, 4.69) is 10.6 Å². The molecule has 8 heteroatoms. The first-order valence-corrected chi connectivity index (χ1v) is 9.19. The lowest BCUT2D eigenvalue weighted by Crippen LogP contribution is -2.29. The number of carbonyl (C=O) groups excluding carboxylic acids is 2. The number of nitrogens with zero attached hydrogens (tertiary/aromatic N) is 2. The molecule has 0 aliphatic rings. The van der Waals surface area contributed by atoms with E-state index in [1.54, 1.807) is 56.4 Å². The molecule has 0 aliphatic carbocycles. The molecule has 28 heavy (non-hydrogen) atoms. The number of halogens is 2. The molecule has 0 spiro atoms. The number of para-hydroxylation sites is 1. The van der Waals surface area contributed by atoms with Crippen LogP contribution in [0.1, 0.15) is 16.8 Å². The minimum atomic E-state index is -0.334. The maximum absolute atomic E-state index is 13.8. The Morgan fingerprint density at radius 3 is 2.50 bits per heavy atom. The van der Waals surface area contributed by atoms with Crippen LogP contribution in [0.3, 0.4) is 0 Å². The molecule has 0 saturated heterocycles. The third kappa shape index (κ3) is 5.85. The first-order chi connectivity index (χ1) is 13.3. The number of urea groups is 1. The standard InChI is InChI=1S/C20H24ClFN4O2/c1-25(2)20(28)24-14-9-10-16(21)15(13-14)19(27)23-11-6-12-26(3)18-8-5-4-7-17(18)22/h4-5,7-10,13H,6,11-12H2,1-3H3,(H,23,27)(H,24,28). The van der Waals surface area contributed by atoms with Crippen molar-refractivity contribution in [2.24, 2.45) is 0 Å². The highest BCUT2D eigenvalue weighted by Crippen LogP contribution is 2.21. The Morgan fingerprint density at radius 2 is 1.82 bits per heavy atom. The van der Waals surface area contributed by atoms with Crippen LogP contribution < -0.4 is 15.5 Å². The number of nitrogens with one attached hydrogen (secondary N) is 2. The van der Waals surface area contributed by atoms with Gasteiger partial charge < -0.3 is 20.4 Å². The van der Waals surface area contributed by atoms with Crippen molar-refractivity contribution < 1.29 is 14.0 Å². The van der Waals surface area contributed by atoms with Gasteiger partial charge in [0.2, 0.25) is 0 Å². The molecule has 0 atom stereocenters. The van der Waals surface area contributed by atoms with Gasteiger partial charge in [-0.2, -0.15) is 0 Å². The number of carbonyl (C=O) groups is 2. The molecule has 0 aliphatic heterocycles. The molecule has 0 saturated carbocycles. The first-order valence-electron chi connectivity index (χ1n) is 8.81. The second-order valence-electron chi connectivity index (χ2n) is 6.50. The second-order valence-corrected chi connectivity index (χ2v) is 6.91. The van der Waals surface area contributed by atoms with Crippen LogP contribution in [0.5, 0.6) is 0 Å². The molecule has 0 heterocycles. The molecule has 2 aromatic carbocycles. The maximum Gasteiger partial charge on any atom is 0.321 e. The van der Waals surface area contributed by atoms with Gasteiger partial charge in [-0.3, -0.25) is 4.79 Å². The van der Waals surface area contributed by atoms with Crippen LogP contribution in [0.15, 0.2) is 42.5 Å². The molecule has 0 unspecified atom stereocenters. The van der Waals surface area contributed by atoms with Crippen LogP contribution in [-0.2, 0) is 0 Å². The van der Waals surface area contributed by atoms with E-state index in [1.165, 1.54) is 17.0 Å². The van der Waals surface area contributed by atoms with Crippen LogP contribution in [-0.4, -0.2) is 51.1 Å². The van der Waals surface area contributed by atoms with Gasteiger partial charge >= 0.3 is 6.03 Å². The fraction of sp³-hybridized carbons (Fsp3) is 0.300. The minimum absolute atomic E-state index is 0.278. The molecule has 3 amide bonds. The fourth-order valence-corrected chi connectivity index (χ4v) is 2.71. The average Bonchev–Trinajstić information content (AvgIpc) is 2.66. The molecule has 0 bridgehead atoms. The summed E-state index contributed by atoms with van der Waals surface area (Å²) in [6, 6.07) is 11.0. The molecule has 0 radical (unpaired) electrons. The topological polar surface area (TPSA) is 64.7 Å². The van der Waals surface area contributed by atoms with Crippen molar-refractivity contribution in [2.75, 3.05) is 44.4 Å². The number of rotatable bonds is 7. The van der Waals surface area contributed by atoms with Gasteiger partial charge in [0, 0.05) is 39.9 Å². The van der Waals surface area contributed by atoms with Crippen molar-refractivity contribution in [3.8, 4) is 0 Å². The molecule has 0 aromatic heterocycles. The summed E-state index contributed by atoms with van der Waals surface area (Å²) in [5.74, 6) is -0.614. The Labute approximate surface area is 169 Å². The van der Waals surface area contributed by atoms with Crippen LogP contribution >= 0.6 is 11.6 Å². The number of hydrogen-bond donors (Lipinski definition) is 2. The summed E-state index contributed by atoms with van der Waals surface area (Å²) in [4.78, 5) is 27.3. The molecule has 0 fully saturated rings. The number of hydrogen-bond acceptors (Lipinski definition) is 3. The monoisotopic (exact) mass is 406 g/mol. The summed E-state index contributed by atoms with van der Waals surface area (Å²) < 4.78 is 13.8. The third-order valence-corrected chi connectivity index (χ3v) is 4.42. The summed E-state index contributed by atoms with van der Waals surface area (Å²) in [6.07, 6.45) is 0.630. The van der Waals surface area contributed by atoms with Crippen molar-refractivity contribution >= 4 is 34.9 Å². The van der Waals surface area contributed by atoms with E-state index in [1.807, 2.05) is 0 Å². The molecule has 150 valence electrons. The number of amides is 3. The van der Waals surface area contributed by atoms with Crippen LogP contribution in [0.2, 0.25) is 5.02 Å². The van der Waals surface area contributed by atoms with Gasteiger partial charge in [0.1, 0.15) is 5.82 Å². The lowest BCUT2D eigenvalue weighted by molar-refractivity contribution is 0.0953. The van der Waals surface area contributed by atoms with Gasteiger partial charge in [-0.15, -0.1) is 0 Å². The van der Waals surface area contributed by atoms with Crippen molar-refractivity contribution in [1.82, 2.24) is 10.2 Å². The Balaban J connectivity index is 1.89. The second kappa shape index (κ2) is 9.94. The molecular formula is C20H24ClFN4O2. The Kier molecular flexibility index (Phi) is 7.63. The molecular weight excluding hydrogens is 383 g/mol. The third-order valence-electron chi connectivity index (χ3n) is 4.09. The van der Waals surface area contributed by atoms with E-state index in [-0.39, 0.29) is 23.3 Å². The van der Waals surface area contributed by atoms with Gasteiger partial charge in [0.15, 0.2) is 0 Å². The zero-order chi connectivity index (χ0) is 20.7. The van der Waals surface area contributed by atoms with E-state index in [0.717, 1.165) is 0 Å². The summed E-state index contributed by atoms with van der Waals surface area (Å²) in [5, 5.41) is 5.77. The van der Waals surface area contributed by atoms with Gasteiger partial charge in [0.05, 0.1) is 16.3 Å². The van der Waals surface area contributed by atoms with Crippen molar-refractivity contribution in [3.63, 3.8) is 0 Å². The lowest BCUT2D eigenvalue weighted by Gasteiger charge is -2.20. The number of benzene rings is 2. The molecule has 2 aromatic rings. The van der Waals surface area contributed by atoms with E-state index in [0.29, 0.717) is 35.9 Å². The van der Waals surface area contributed by atoms with Crippen molar-refractivity contribution in [2.45, 2.75) is 6.42 Å². The van der Waals surface area contributed by atoms with Crippen LogP contribution in [0, 0.1) is 5.82 Å². The van der Waals surface area contributed by atoms with E-state index >= 15 is 0 Å². The predicted octanol–water partition coefficient (Wildman–Crippen LogP) is 3.83. The fourth-order valence-electron chi connectivity index (χ4n) is 2.51. The summed E-state index contributed by atoms with van der Waals surface area (Å²) in [5.41, 5.74) is 1.27. The van der Waals surface area contributed by atoms with Crippen LogP contribution in [0.25, 0.3) is 0 Å². The Hall–Kier alpha value is -2.80. The van der Waals surface area contributed by atoms with Crippen LogP contribution in [0.4, 0.5) is 20.6 Å². The summed E-state index contributed by atoms with van der Waals surface area (Å²) in [6.45, 7) is 0.982. The van der Waals surface area contributed by atoms with Gasteiger partial charge in [-0.25, -0.2) is 9.18 Å². The Morgan fingerprint density at radius 1 is 1.11 bits per heavy atom. The van der Waals surface area contributed by atoms with Gasteiger partial charge in [-0.05, 0) is 36.8 Å². The highest BCUT2D eigenvalue weighted by Gasteiger charge is 2.13. The maximum atomic E-state index is 13.8. The predicted molar refractivity (Wildman–Crippen MR) is 111 cm³/mol. The largest absolute Gasteiger partial charge is 0.372 e. The SMILES string of the molecule is CN(C)C(=O)Nc1ccc(Cl)c(C(=O)NCCCN(C)c2ccccc2F)c1. The first kappa shape index (κ1) is 21.5. The zero-order valence-corrected chi connectivity index (χ0v) is 16.9. The lowest BCUT2D eigenvalue weighted by atomic mass is 10.2. The molecule has 2 rings (SSSR count). The highest BCUT2D eigenvalue weighted by atomic mass is 35.5. The summed E-state index contributed by atoms with van der Waals surface area (Å²) in [7, 11) is 5.04. The van der Waals surface area contributed by atoms with E-state index < -0.39 is 0 Å². The normalized spacial score (nSPS) is 10.3. The minimum Gasteiger partial charge on any atom is -0.372 e. The molecule has 2 N–H and O–H groups in total. The number of anilines is 2. The summed E-state index contributed by atoms with van der Waals surface area (Å²) >= 11 is 6.12. The Bertz CT molecular complexity index is 845. The zero-order valence-electron chi connectivity index (χ0n) is 16.1. The average molecular weight is 407 g/mol. The quantitative estimate of drug-likeness (QED) is 0.687. The van der Waals surface area contributed by atoms with E-state index in [4.69, 9.17) is 11.6 Å². The highest BCUT2D eigenvalue weighted by molar-refractivity contribution is 6.34. The van der Waals surface area contributed by atoms with Crippen molar-refractivity contribution in [3.05, 3.63) is 58.9 Å². The molecule has 6 nitrogen and oxygen atoms in total. The van der Waals surface area contributed by atoms with Gasteiger partial charge in [0.25, 0.3) is 5.91 Å².